The molecule has 1 unspecified atom stereocenters. The van der Waals surface area contributed by atoms with E-state index in [1.165, 1.54) is 12.8 Å². The van der Waals surface area contributed by atoms with Gasteiger partial charge in [0.2, 0.25) is 11.8 Å². The largest absolute Gasteiger partial charge is 0.343 e. The molecule has 0 bridgehead atoms. The second-order valence-electron chi connectivity index (χ2n) is 5.16. The summed E-state index contributed by atoms with van der Waals surface area (Å²) in [7, 11) is 0. The maximum Gasteiger partial charge on any atom is 0.244 e. The quantitative estimate of drug-likeness (QED) is 0.721. The second kappa shape index (κ2) is 8.15. The van der Waals surface area contributed by atoms with Gasteiger partial charge in [-0.25, -0.2) is 0 Å². The van der Waals surface area contributed by atoms with Crippen LogP contribution >= 0.6 is 0 Å². The predicted octanol–water partition coefficient (Wildman–Crippen LogP) is 0.892. The highest BCUT2D eigenvalue weighted by atomic mass is 16.2. The van der Waals surface area contributed by atoms with Crippen molar-refractivity contribution in [1.29, 1.82) is 0 Å². The van der Waals surface area contributed by atoms with E-state index in [0.29, 0.717) is 25.7 Å². The van der Waals surface area contributed by atoms with Crippen LogP contribution in [-0.2, 0) is 9.59 Å². The lowest BCUT2D eigenvalue weighted by molar-refractivity contribution is -0.135. The summed E-state index contributed by atoms with van der Waals surface area (Å²) < 4.78 is 0. The lowest BCUT2D eigenvalue weighted by Crippen LogP contribution is -2.49. The van der Waals surface area contributed by atoms with Gasteiger partial charge in [0.25, 0.3) is 0 Å². The van der Waals surface area contributed by atoms with E-state index in [4.69, 9.17) is 0 Å². The van der Waals surface area contributed by atoms with Crippen LogP contribution < -0.4 is 10.6 Å². The van der Waals surface area contributed by atoms with E-state index in [-0.39, 0.29) is 11.8 Å². The zero-order chi connectivity index (χ0) is 14.3. The third-order valence-electron chi connectivity index (χ3n) is 3.73. The van der Waals surface area contributed by atoms with Gasteiger partial charge in [-0.1, -0.05) is 12.8 Å². The molecule has 0 aliphatic heterocycles. The number of amides is 2. The zero-order valence-corrected chi connectivity index (χ0v) is 12.4. The minimum absolute atomic E-state index is 0.0146. The minimum Gasteiger partial charge on any atom is -0.343 e. The van der Waals surface area contributed by atoms with Crippen LogP contribution in [0.3, 0.4) is 0 Å². The molecule has 1 fully saturated rings. The van der Waals surface area contributed by atoms with Crippen LogP contribution in [0.4, 0.5) is 0 Å². The Hall–Kier alpha value is -1.10. The number of nitrogens with one attached hydrogen (secondary N) is 2. The zero-order valence-electron chi connectivity index (χ0n) is 12.4. The molecule has 0 saturated heterocycles. The van der Waals surface area contributed by atoms with Gasteiger partial charge in [-0.05, 0) is 33.6 Å². The van der Waals surface area contributed by atoms with Crippen molar-refractivity contribution >= 4 is 11.8 Å². The molecule has 2 N–H and O–H groups in total. The molecule has 1 aliphatic carbocycles. The molecule has 0 heterocycles. The van der Waals surface area contributed by atoms with Crippen LogP contribution in [0.15, 0.2) is 0 Å². The summed E-state index contributed by atoms with van der Waals surface area (Å²) in [6.45, 7) is 7.29. The SMILES string of the molecule is CCN(CC)C(=O)C(C)NC(=O)CNC1CCCC1. The Morgan fingerprint density at radius 1 is 1.21 bits per heavy atom. The first kappa shape index (κ1) is 16.0. The van der Waals surface area contributed by atoms with Crippen LogP contribution in [0, 0.1) is 0 Å². The molecule has 0 spiro atoms. The summed E-state index contributed by atoms with van der Waals surface area (Å²) in [6.07, 6.45) is 4.80. The van der Waals surface area contributed by atoms with Crippen LogP contribution in [0.5, 0.6) is 0 Å². The standard InChI is InChI=1S/C14H27N3O2/c1-4-17(5-2)14(19)11(3)16-13(18)10-15-12-8-6-7-9-12/h11-12,15H,4-10H2,1-3H3,(H,16,18). The Labute approximate surface area is 116 Å². The molecule has 110 valence electrons. The summed E-state index contributed by atoms with van der Waals surface area (Å²) >= 11 is 0. The summed E-state index contributed by atoms with van der Waals surface area (Å²) in [5.74, 6) is -0.112. The van der Waals surface area contributed by atoms with E-state index >= 15 is 0 Å². The molecular weight excluding hydrogens is 242 g/mol. The first-order valence-corrected chi connectivity index (χ1v) is 7.40. The Morgan fingerprint density at radius 2 is 1.79 bits per heavy atom. The fraction of sp³-hybridized carbons (Fsp3) is 0.857. The second-order valence-corrected chi connectivity index (χ2v) is 5.16. The van der Waals surface area contributed by atoms with Gasteiger partial charge < -0.3 is 15.5 Å². The summed E-state index contributed by atoms with van der Waals surface area (Å²) in [5, 5.41) is 6.01. The molecule has 19 heavy (non-hydrogen) atoms. The maximum absolute atomic E-state index is 12.0. The molecular formula is C14H27N3O2. The molecule has 5 heteroatoms. The topological polar surface area (TPSA) is 61.4 Å². The van der Waals surface area contributed by atoms with Gasteiger partial charge in [-0.2, -0.15) is 0 Å². The third-order valence-corrected chi connectivity index (χ3v) is 3.73. The summed E-state index contributed by atoms with van der Waals surface area (Å²) in [6, 6.07) is 0.0253. The van der Waals surface area contributed by atoms with Crippen molar-refractivity contribution in [3.8, 4) is 0 Å². The van der Waals surface area contributed by atoms with Crippen molar-refractivity contribution in [2.45, 2.75) is 58.5 Å². The normalized spacial score (nSPS) is 17.2. The molecule has 2 amide bonds. The van der Waals surface area contributed by atoms with E-state index in [1.807, 2.05) is 13.8 Å². The average molecular weight is 269 g/mol. The molecule has 0 radical (unpaired) electrons. The lowest BCUT2D eigenvalue weighted by Gasteiger charge is -2.23. The van der Waals surface area contributed by atoms with Crippen LogP contribution in [0.25, 0.3) is 0 Å². The Morgan fingerprint density at radius 3 is 2.32 bits per heavy atom. The van der Waals surface area contributed by atoms with Gasteiger partial charge in [0.05, 0.1) is 6.54 Å². The first-order valence-electron chi connectivity index (χ1n) is 7.40. The summed E-state index contributed by atoms with van der Waals surface area (Å²) in [4.78, 5) is 25.5. The molecule has 5 nitrogen and oxygen atoms in total. The monoisotopic (exact) mass is 269 g/mol. The predicted molar refractivity (Wildman–Crippen MR) is 75.8 cm³/mol. The minimum atomic E-state index is -0.447. The number of carbonyl (C=O) groups excluding carboxylic acids is 2. The molecule has 1 saturated carbocycles. The van der Waals surface area contributed by atoms with Crippen LogP contribution in [-0.4, -0.2) is 48.4 Å². The first-order chi connectivity index (χ1) is 9.08. The lowest BCUT2D eigenvalue weighted by atomic mass is 10.2. The molecule has 0 aromatic carbocycles. The fourth-order valence-corrected chi connectivity index (χ4v) is 2.53. The van der Waals surface area contributed by atoms with Gasteiger partial charge in [-0.15, -0.1) is 0 Å². The number of nitrogens with zero attached hydrogens (tertiary/aromatic N) is 1. The van der Waals surface area contributed by atoms with Crippen molar-refractivity contribution in [1.82, 2.24) is 15.5 Å². The van der Waals surface area contributed by atoms with Crippen molar-refractivity contribution in [3.63, 3.8) is 0 Å². The number of hydrogen-bond acceptors (Lipinski definition) is 3. The smallest absolute Gasteiger partial charge is 0.244 e. The number of likely N-dealkylation sites (N-methyl/N-ethyl adjacent to an activating group) is 1. The highest BCUT2D eigenvalue weighted by Crippen LogP contribution is 2.17. The van der Waals surface area contributed by atoms with E-state index in [1.54, 1.807) is 11.8 Å². The van der Waals surface area contributed by atoms with Gasteiger partial charge in [0, 0.05) is 19.1 Å². The van der Waals surface area contributed by atoms with Crippen LogP contribution in [0.2, 0.25) is 0 Å². The highest BCUT2D eigenvalue weighted by Gasteiger charge is 2.20. The molecule has 0 aromatic rings. The Bertz CT molecular complexity index is 297. The Kier molecular flexibility index (Phi) is 6.84. The number of hydrogen-bond donors (Lipinski definition) is 2. The van der Waals surface area contributed by atoms with Crippen LogP contribution in [0.1, 0.15) is 46.5 Å². The van der Waals surface area contributed by atoms with E-state index in [2.05, 4.69) is 10.6 Å². The van der Waals surface area contributed by atoms with Crippen molar-refractivity contribution in [2.24, 2.45) is 0 Å². The van der Waals surface area contributed by atoms with Crippen molar-refractivity contribution in [2.75, 3.05) is 19.6 Å². The molecule has 1 rings (SSSR count). The Balaban J connectivity index is 2.28. The van der Waals surface area contributed by atoms with E-state index in [0.717, 1.165) is 12.8 Å². The van der Waals surface area contributed by atoms with E-state index < -0.39 is 6.04 Å². The number of carbonyl (C=O) groups is 2. The fourth-order valence-electron chi connectivity index (χ4n) is 2.53. The van der Waals surface area contributed by atoms with Gasteiger partial charge in [0.15, 0.2) is 0 Å². The average Bonchev–Trinajstić information content (AvgIpc) is 2.90. The molecule has 0 aromatic heterocycles. The maximum atomic E-state index is 12.0. The highest BCUT2D eigenvalue weighted by molar-refractivity contribution is 5.88. The van der Waals surface area contributed by atoms with Gasteiger partial charge in [0.1, 0.15) is 6.04 Å². The molecule has 1 aliphatic rings. The summed E-state index contributed by atoms with van der Waals surface area (Å²) in [5.41, 5.74) is 0. The number of rotatable bonds is 7. The van der Waals surface area contributed by atoms with Gasteiger partial charge >= 0.3 is 0 Å². The van der Waals surface area contributed by atoms with Gasteiger partial charge in [-0.3, -0.25) is 9.59 Å². The molecule has 1 atom stereocenters. The third kappa shape index (κ3) is 5.19. The van der Waals surface area contributed by atoms with E-state index in [9.17, 15) is 9.59 Å². The van der Waals surface area contributed by atoms with Crippen molar-refractivity contribution in [3.05, 3.63) is 0 Å². The van der Waals surface area contributed by atoms with Crippen molar-refractivity contribution < 1.29 is 9.59 Å².